The van der Waals surface area contributed by atoms with Crippen LogP contribution in [0.3, 0.4) is 0 Å². The van der Waals surface area contributed by atoms with Gasteiger partial charge in [0.25, 0.3) is 5.91 Å². The fourth-order valence-corrected chi connectivity index (χ4v) is 6.97. The minimum absolute atomic E-state index is 0.183. The van der Waals surface area contributed by atoms with Crippen molar-refractivity contribution in [1.29, 1.82) is 0 Å². The highest BCUT2D eigenvalue weighted by molar-refractivity contribution is 7.93. The minimum atomic E-state index is -3.73. The monoisotopic (exact) mass is 530 g/mol. The van der Waals surface area contributed by atoms with Crippen molar-refractivity contribution < 1.29 is 23.2 Å². The van der Waals surface area contributed by atoms with Gasteiger partial charge in [-0.1, -0.05) is 12.1 Å². The number of nitrogens with zero attached hydrogens (tertiary/aromatic N) is 2. The molecule has 4 rings (SSSR count). The van der Waals surface area contributed by atoms with Gasteiger partial charge in [-0.05, 0) is 54.4 Å². The van der Waals surface area contributed by atoms with Crippen molar-refractivity contribution in [3.63, 3.8) is 0 Å². The molecule has 1 aliphatic heterocycles. The molecule has 0 bridgehead atoms. The first-order valence-electron chi connectivity index (χ1n) is 11.5. The molecular weight excluding hydrogens is 500 g/mol. The molecule has 3 N–H and O–H groups in total. The summed E-state index contributed by atoms with van der Waals surface area (Å²) in [7, 11) is -0.115. The van der Waals surface area contributed by atoms with Crippen LogP contribution < -0.4 is 15.5 Å². The van der Waals surface area contributed by atoms with Crippen LogP contribution in [0.5, 0.6) is 5.75 Å². The topological polar surface area (TPSA) is 111 Å². The number of carbonyl (C=O) groups is 1. The number of likely N-dealkylation sites (N-methyl/N-ethyl adjacent to an activating group) is 1. The molecule has 1 amide bonds. The number of benzene rings is 2. The molecule has 1 aliphatic rings. The van der Waals surface area contributed by atoms with E-state index in [9.17, 15) is 18.4 Å². The highest BCUT2D eigenvalue weighted by atomic mass is 32.2. The van der Waals surface area contributed by atoms with Gasteiger partial charge in [-0.15, -0.1) is 11.3 Å². The fourth-order valence-electron chi connectivity index (χ4n) is 4.17. The average Bonchev–Trinajstić information content (AvgIpc) is 3.38. The van der Waals surface area contributed by atoms with Crippen LogP contribution in [0.25, 0.3) is 0 Å². The first-order chi connectivity index (χ1) is 17.3. The number of para-hydroxylation sites is 1. The van der Waals surface area contributed by atoms with E-state index < -0.39 is 15.7 Å². The smallest absolute Gasteiger partial charge is 0.276 e. The lowest BCUT2D eigenvalue weighted by Crippen LogP contribution is -2.44. The predicted octanol–water partition coefficient (Wildman–Crippen LogP) is 3.07. The van der Waals surface area contributed by atoms with E-state index in [-0.39, 0.29) is 15.6 Å². The van der Waals surface area contributed by atoms with E-state index in [0.29, 0.717) is 29.1 Å². The second-order valence-corrected chi connectivity index (χ2v) is 11.7. The highest BCUT2D eigenvalue weighted by Crippen LogP contribution is 2.32. The fraction of sp³-hybridized carbons (Fsp3) is 0.320. The van der Waals surface area contributed by atoms with Gasteiger partial charge in [0.2, 0.25) is 9.84 Å². The summed E-state index contributed by atoms with van der Waals surface area (Å²) in [6.07, 6.45) is 0. The van der Waals surface area contributed by atoms with Crippen LogP contribution in [0.4, 0.5) is 5.69 Å². The second kappa shape index (κ2) is 11.4. The molecule has 0 aliphatic carbocycles. The number of amides is 1. The lowest BCUT2D eigenvalue weighted by molar-refractivity contribution is 0.0707. The van der Waals surface area contributed by atoms with E-state index in [0.717, 1.165) is 43.1 Å². The van der Waals surface area contributed by atoms with Crippen LogP contribution in [-0.2, 0) is 22.9 Å². The SMILES string of the molecule is COc1ccc(S(=O)(=O)c2sccc2CNc2c(CN3CCN(C)CC3)cccc2C(=O)NO)cc1. The third-order valence-electron chi connectivity index (χ3n) is 6.26. The first kappa shape index (κ1) is 26.1. The normalized spacial score (nSPS) is 15.0. The van der Waals surface area contributed by atoms with E-state index in [2.05, 4.69) is 22.2 Å². The van der Waals surface area contributed by atoms with Crippen molar-refractivity contribution in [3.05, 3.63) is 70.6 Å². The molecule has 0 unspecified atom stereocenters. The average molecular weight is 531 g/mol. The molecular formula is C25H30N4O5S2. The van der Waals surface area contributed by atoms with Crippen LogP contribution >= 0.6 is 11.3 Å². The number of sulfone groups is 1. The summed E-state index contributed by atoms with van der Waals surface area (Å²) in [6, 6.07) is 13.4. The number of hydrogen-bond donors (Lipinski definition) is 3. The number of anilines is 1. The van der Waals surface area contributed by atoms with Gasteiger partial charge in [-0.3, -0.25) is 14.9 Å². The van der Waals surface area contributed by atoms with Gasteiger partial charge in [0.1, 0.15) is 9.96 Å². The second-order valence-electron chi connectivity index (χ2n) is 8.63. The number of nitrogens with one attached hydrogen (secondary N) is 2. The van der Waals surface area contributed by atoms with E-state index in [1.165, 1.54) is 19.2 Å². The van der Waals surface area contributed by atoms with E-state index >= 15 is 0 Å². The summed E-state index contributed by atoms with van der Waals surface area (Å²) in [5.74, 6) is -0.0530. The van der Waals surface area contributed by atoms with Crippen LogP contribution in [0.2, 0.25) is 0 Å². The number of hydroxylamine groups is 1. The predicted molar refractivity (Wildman–Crippen MR) is 139 cm³/mol. The summed E-state index contributed by atoms with van der Waals surface area (Å²) in [6.45, 7) is 4.55. The number of piperazine rings is 1. The third kappa shape index (κ3) is 5.71. The number of thiophene rings is 1. The molecule has 9 nitrogen and oxygen atoms in total. The van der Waals surface area contributed by atoms with Crippen LogP contribution in [0, 0.1) is 0 Å². The van der Waals surface area contributed by atoms with Crippen LogP contribution in [-0.4, -0.2) is 69.7 Å². The van der Waals surface area contributed by atoms with Gasteiger partial charge in [-0.25, -0.2) is 13.9 Å². The zero-order valence-electron chi connectivity index (χ0n) is 20.2. The maximum absolute atomic E-state index is 13.3. The summed E-state index contributed by atoms with van der Waals surface area (Å²) in [5, 5.41) is 14.3. The molecule has 192 valence electrons. The third-order valence-corrected chi connectivity index (χ3v) is 9.60. The van der Waals surface area contributed by atoms with E-state index in [4.69, 9.17) is 4.74 Å². The van der Waals surface area contributed by atoms with E-state index in [1.54, 1.807) is 41.2 Å². The summed E-state index contributed by atoms with van der Waals surface area (Å²) >= 11 is 1.15. The molecule has 1 fully saturated rings. The van der Waals surface area contributed by atoms with Crippen molar-refractivity contribution in [1.82, 2.24) is 15.3 Å². The number of methoxy groups -OCH3 is 1. The first-order valence-corrected chi connectivity index (χ1v) is 13.9. The molecule has 3 aromatic rings. The zero-order chi connectivity index (χ0) is 25.7. The summed E-state index contributed by atoms with van der Waals surface area (Å²) < 4.78 is 32.1. The molecule has 0 radical (unpaired) electrons. The Hall–Kier alpha value is -2.96. The number of ether oxygens (including phenoxy) is 1. The molecule has 0 saturated carbocycles. The quantitative estimate of drug-likeness (QED) is 0.286. The lowest BCUT2D eigenvalue weighted by atomic mass is 10.0. The van der Waals surface area contributed by atoms with Gasteiger partial charge in [0.15, 0.2) is 0 Å². The summed E-state index contributed by atoms with van der Waals surface area (Å²) in [5.41, 5.74) is 4.07. The molecule has 1 saturated heterocycles. The van der Waals surface area contributed by atoms with Crippen molar-refractivity contribution in [2.45, 2.75) is 22.2 Å². The molecule has 2 aromatic carbocycles. The largest absolute Gasteiger partial charge is 0.497 e. The molecule has 2 heterocycles. The summed E-state index contributed by atoms with van der Waals surface area (Å²) in [4.78, 5) is 17.2. The maximum atomic E-state index is 13.3. The minimum Gasteiger partial charge on any atom is -0.497 e. The Labute approximate surface area is 215 Å². The lowest BCUT2D eigenvalue weighted by Gasteiger charge is -2.33. The van der Waals surface area contributed by atoms with Crippen LogP contribution in [0.1, 0.15) is 21.5 Å². The Morgan fingerprint density at radius 3 is 2.44 bits per heavy atom. The number of rotatable bonds is 9. The molecule has 0 atom stereocenters. The van der Waals surface area contributed by atoms with Crippen molar-refractivity contribution >= 4 is 32.8 Å². The van der Waals surface area contributed by atoms with Gasteiger partial charge >= 0.3 is 0 Å². The highest BCUT2D eigenvalue weighted by Gasteiger charge is 2.24. The van der Waals surface area contributed by atoms with Crippen molar-refractivity contribution in [3.8, 4) is 5.75 Å². The number of hydrogen-bond acceptors (Lipinski definition) is 9. The van der Waals surface area contributed by atoms with E-state index in [1.807, 2.05) is 6.07 Å². The van der Waals surface area contributed by atoms with Gasteiger partial charge < -0.3 is 15.0 Å². The Morgan fingerprint density at radius 1 is 1.06 bits per heavy atom. The molecule has 0 spiro atoms. The zero-order valence-corrected chi connectivity index (χ0v) is 21.9. The Morgan fingerprint density at radius 2 is 1.78 bits per heavy atom. The Bertz CT molecular complexity index is 1300. The number of carbonyl (C=O) groups excluding carboxylic acids is 1. The Balaban J connectivity index is 1.60. The molecule has 1 aromatic heterocycles. The van der Waals surface area contributed by atoms with Crippen molar-refractivity contribution in [2.24, 2.45) is 0 Å². The van der Waals surface area contributed by atoms with Crippen molar-refractivity contribution in [2.75, 3.05) is 45.7 Å². The molecule has 11 heteroatoms. The van der Waals surface area contributed by atoms with Gasteiger partial charge in [0.05, 0.1) is 23.3 Å². The van der Waals surface area contributed by atoms with Crippen LogP contribution in [0.15, 0.2) is 63.0 Å². The Kier molecular flexibility index (Phi) is 8.27. The standard InChI is InChI=1S/C25H30N4O5S2/c1-28-11-13-29(14-12-28)17-19-4-3-5-22(24(30)27-31)23(19)26-16-18-10-15-35-25(18)36(32,33)21-8-6-20(34-2)7-9-21/h3-10,15,26,31H,11-14,16-17H2,1-2H3,(H,27,30). The maximum Gasteiger partial charge on any atom is 0.276 e. The molecule has 36 heavy (non-hydrogen) atoms. The van der Waals surface area contributed by atoms with Gasteiger partial charge in [-0.2, -0.15) is 0 Å². The van der Waals surface area contributed by atoms with Gasteiger partial charge in [0, 0.05) is 44.8 Å².